The van der Waals surface area contributed by atoms with Crippen molar-refractivity contribution in [1.82, 2.24) is 5.32 Å². The third kappa shape index (κ3) is 3.34. The molecule has 0 aliphatic heterocycles. The summed E-state index contributed by atoms with van der Waals surface area (Å²) in [6.45, 7) is 2.74. The van der Waals surface area contributed by atoms with E-state index in [4.69, 9.17) is 4.74 Å². The first-order valence-corrected chi connectivity index (χ1v) is 6.23. The van der Waals surface area contributed by atoms with Gasteiger partial charge in [0.05, 0.1) is 0 Å². The number of hydrogen-bond acceptors (Lipinski definition) is 2. The molecule has 18 heavy (non-hydrogen) atoms. The lowest BCUT2D eigenvalue weighted by atomic mass is 10.1. The zero-order valence-electron chi connectivity index (χ0n) is 10.9. The first kappa shape index (κ1) is 12.7. The van der Waals surface area contributed by atoms with Crippen molar-refractivity contribution in [3.8, 4) is 5.75 Å². The molecule has 2 nitrogen and oxygen atoms in total. The molecule has 0 heterocycles. The highest BCUT2D eigenvalue weighted by molar-refractivity contribution is 5.30. The van der Waals surface area contributed by atoms with Crippen molar-refractivity contribution in [2.24, 2.45) is 0 Å². The van der Waals surface area contributed by atoms with Gasteiger partial charge in [-0.1, -0.05) is 42.5 Å². The van der Waals surface area contributed by atoms with E-state index >= 15 is 0 Å². The Balaban J connectivity index is 2.01. The Labute approximate surface area is 109 Å². The van der Waals surface area contributed by atoms with Crippen LogP contribution < -0.4 is 10.1 Å². The van der Waals surface area contributed by atoms with Crippen LogP contribution in [0, 0.1) is 0 Å². The van der Waals surface area contributed by atoms with Gasteiger partial charge < -0.3 is 10.1 Å². The predicted octanol–water partition coefficient (Wildman–Crippen LogP) is 3.55. The van der Waals surface area contributed by atoms with Crippen LogP contribution in [-0.2, 0) is 6.61 Å². The molecule has 2 aromatic carbocycles. The minimum atomic E-state index is 0.338. The second-order valence-corrected chi connectivity index (χ2v) is 4.36. The maximum absolute atomic E-state index is 5.80. The fourth-order valence-electron chi connectivity index (χ4n) is 1.78. The fourth-order valence-corrected chi connectivity index (χ4v) is 1.78. The molecular formula is C16H19NO. The molecule has 1 N–H and O–H groups in total. The van der Waals surface area contributed by atoms with Crippen LogP contribution in [0.4, 0.5) is 0 Å². The summed E-state index contributed by atoms with van der Waals surface area (Å²) in [4.78, 5) is 0. The summed E-state index contributed by atoms with van der Waals surface area (Å²) in [6.07, 6.45) is 0. The van der Waals surface area contributed by atoms with Gasteiger partial charge in [0.2, 0.25) is 0 Å². The first-order valence-electron chi connectivity index (χ1n) is 6.23. The van der Waals surface area contributed by atoms with E-state index in [0.717, 1.165) is 5.75 Å². The third-order valence-electron chi connectivity index (χ3n) is 3.04. The van der Waals surface area contributed by atoms with Gasteiger partial charge in [-0.05, 0) is 37.2 Å². The molecule has 0 spiro atoms. The Kier molecular flexibility index (Phi) is 4.37. The van der Waals surface area contributed by atoms with E-state index in [1.165, 1.54) is 11.1 Å². The molecule has 2 heteroatoms. The first-order chi connectivity index (χ1) is 8.79. The zero-order chi connectivity index (χ0) is 12.8. The second-order valence-electron chi connectivity index (χ2n) is 4.36. The SMILES string of the molecule is CNC(C)c1cccc(OCc2ccccc2)c1. The Morgan fingerprint density at radius 2 is 1.83 bits per heavy atom. The van der Waals surface area contributed by atoms with E-state index in [0.29, 0.717) is 12.6 Å². The van der Waals surface area contributed by atoms with Gasteiger partial charge in [-0.25, -0.2) is 0 Å². The molecule has 1 unspecified atom stereocenters. The lowest BCUT2D eigenvalue weighted by Gasteiger charge is -2.12. The summed E-state index contributed by atoms with van der Waals surface area (Å²) in [5.74, 6) is 0.915. The van der Waals surface area contributed by atoms with Crippen molar-refractivity contribution >= 4 is 0 Å². The van der Waals surface area contributed by atoms with E-state index in [-0.39, 0.29) is 0 Å². The molecule has 0 fully saturated rings. The van der Waals surface area contributed by atoms with Gasteiger partial charge in [-0.2, -0.15) is 0 Å². The molecule has 0 aliphatic rings. The lowest BCUT2D eigenvalue weighted by molar-refractivity contribution is 0.305. The smallest absolute Gasteiger partial charge is 0.120 e. The van der Waals surface area contributed by atoms with Gasteiger partial charge in [0, 0.05) is 6.04 Å². The van der Waals surface area contributed by atoms with Crippen LogP contribution >= 0.6 is 0 Å². The molecule has 0 aromatic heterocycles. The molecule has 2 aromatic rings. The molecule has 0 saturated carbocycles. The molecule has 94 valence electrons. The molecule has 1 atom stereocenters. The van der Waals surface area contributed by atoms with Gasteiger partial charge in [-0.3, -0.25) is 0 Å². The molecule has 2 rings (SSSR count). The molecule has 0 amide bonds. The zero-order valence-corrected chi connectivity index (χ0v) is 10.9. The highest BCUT2D eigenvalue weighted by atomic mass is 16.5. The standard InChI is InChI=1S/C16H19NO/c1-13(17-2)15-9-6-10-16(11-15)18-12-14-7-4-3-5-8-14/h3-11,13,17H,12H2,1-2H3. The molecular weight excluding hydrogens is 222 g/mol. The topological polar surface area (TPSA) is 21.3 Å². The molecule has 0 bridgehead atoms. The summed E-state index contributed by atoms with van der Waals surface area (Å²) >= 11 is 0. The average Bonchev–Trinajstić information content (AvgIpc) is 2.45. The summed E-state index contributed by atoms with van der Waals surface area (Å²) < 4.78 is 5.80. The van der Waals surface area contributed by atoms with E-state index in [2.05, 4.69) is 36.5 Å². The van der Waals surface area contributed by atoms with E-state index < -0.39 is 0 Å². The van der Waals surface area contributed by atoms with Crippen molar-refractivity contribution in [3.05, 3.63) is 65.7 Å². The van der Waals surface area contributed by atoms with Gasteiger partial charge in [0.1, 0.15) is 12.4 Å². The number of benzene rings is 2. The average molecular weight is 241 g/mol. The fraction of sp³-hybridized carbons (Fsp3) is 0.250. The van der Waals surface area contributed by atoms with Crippen molar-refractivity contribution in [1.29, 1.82) is 0 Å². The summed E-state index contributed by atoms with van der Waals surface area (Å²) in [5.41, 5.74) is 2.42. The van der Waals surface area contributed by atoms with Gasteiger partial charge in [0.15, 0.2) is 0 Å². The van der Waals surface area contributed by atoms with Gasteiger partial charge >= 0.3 is 0 Å². The minimum Gasteiger partial charge on any atom is -0.489 e. The largest absolute Gasteiger partial charge is 0.489 e. The Morgan fingerprint density at radius 1 is 1.06 bits per heavy atom. The third-order valence-corrected chi connectivity index (χ3v) is 3.04. The molecule has 0 aliphatic carbocycles. The van der Waals surface area contributed by atoms with Gasteiger partial charge in [0.25, 0.3) is 0 Å². The van der Waals surface area contributed by atoms with Crippen LogP contribution in [0.25, 0.3) is 0 Å². The van der Waals surface area contributed by atoms with E-state index in [9.17, 15) is 0 Å². The minimum absolute atomic E-state index is 0.338. The lowest BCUT2D eigenvalue weighted by Crippen LogP contribution is -2.12. The maximum Gasteiger partial charge on any atom is 0.120 e. The monoisotopic (exact) mass is 241 g/mol. The number of hydrogen-bond donors (Lipinski definition) is 1. The van der Waals surface area contributed by atoms with Crippen LogP contribution in [0.2, 0.25) is 0 Å². The second kappa shape index (κ2) is 6.22. The summed E-state index contributed by atoms with van der Waals surface area (Å²) in [6, 6.07) is 18.8. The van der Waals surface area contributed by atoms with Crippen molar-refractivity contribution in [2.45, 2.75) is 19.6 Å². The van der Waals surface area contributed by atoms with Crippen molar-refractivity contribution < 1.29 is 4.74 Å². The predicted molar refractivity (Wildman–Crippen MR) is 74.7 cm³/mol. The van der Waals surface area contributed by atoms with Crippen LogP contribution in [0.3, 0.4) is 0 Å². The van der Waals surface area contributed by atoms with Crippen LogP contribution in [0.5, 0.6) is 5.75 Å². The van der Waals surface area contributed by atoms with Crippen molar-refractivity contribution in [2.75, 3.05) is 7.05 Å². The maximum atomic E-state index is 5.80. The quantitative estimate of drug-likeness (QED) is 0.864. The highest BCUT2D eigenvalue weighted by Crippen LogP contribution is 2.19. The van der Waals surface area contributed by atoms with Crippen LogP contribution in [0.15, 0.2) is 54.6 Å². The Bertz CT molecular complexity index is 481. The van der Waals surface area contributed by atoms with Crippen LogP contribution in [0.1, 0.15) is 24.1 Å². The normalized spacial score (nSPS) is 12.1. The summed E-state index contributed by atoms with van der Waals surface area (Å²) in [7, 11) is 1.96. The Morgan fingerprint density at radius 3 is 2.56 bits per heavy atom. The number of rotatable bonds is 5. The van der Waals surface area contributed by atoms with Gasteiger partial charge in [-0.15, -0.1) is 0 Å². The van der Waals surface area contributed by atoms with Crippen LogP contribution in [-0.4, -0.2) is 7.05 Å². The van der Waals surface area contributed by atoms with E-state index in [1.54, 1.807) is 0 Å². The number of ether oxygens (including phenoxy) is 1. The van der Waals surface area contributed by atoms with E-state index in [1.807, 2.05) is 37.4 Å². The van der Waals surface area contributed by atoms with Crippen molar-refractivity contribution in [3.63, 3.8) is 0 Å². The summed E-state index contributed by atoms with van der Waals surface area (Å²) in [5, 5.41) is 3.23. The highest BCUT2D eigenvalue weighted by Gasteiger charge is 2.03. The number of nitrogens with one attached hydrogen (secondary N) is 1. The molecule has 0 radical (unpaired) electrons. The Hall–Kier alpha value is -1.80. The molecule has 0 saturated heterocycles.